The van der Waals surface area contributed by atoms with Crippen molar-refractivity contribution in [1.29, 1.82) is 0 Å². The Hall–Kier alpha value is -2.30. The molecule has 1 atom stereocenters. The first-order chi connectivity index (χ1) is 12.2. The summed E-state index contributed by atoms with van der Waals surface area (Å²) in [6.07, 6.45) is 8.25. The van der Waals surface area contributed by atoms with Gasteiger partial charge in [0.25, 0.3) is 5.91 Å². The highest BCUT2D eigenvalue weighted by atomic mass is 16.2. The van der Waals surface area contributed by atoms with Crippen molar-refractivity contribution in [2.75, 3.05) is 13.1 Å². The number of benzene rings is 1. The largest absolute Gasteiger partial charge is 0.361 e. The van der Waals surface area contributed by atoms with Crippen LogP contribution in [0.2, 0.25) is 0 Å². The summed E-state index contributed by atoms with van der Waals surface area (Å²) in [5.41, 5.74) is 1.73. The first kappa shape index (κ1) is 16.2. The van der Waals surface area contributed by atoms with Gasteiger partial charge < -0.3 is 15.2 Å². The topological polar surface area (TPSA) is 65.2 Å². The average Bonchev–Trinajstić information content (AvgIpc) is 3.32. The summed E-state index contributed by atoms with van der Waals surface area (Å²) in [4.78, 5) is 30.4. The van der Waals surface area contributed by atoms with Crippen LogP contribution in [0.25, 0.3) is 10.9 Å². The second kappa shape index (κ2) is 6.90. The van der Waals surface area contributed by atoms with E-state index < -0.39 is 0 Å². The van der Waals surface area contributed by atoms with Crippen molar-refractivity contribution in [3.8, 4) is 0 Å². The molecule has 0 radical (unpaired) electrons. The third-order valence-electron chi connectivity index (χ3n) is 5.58. The number of carbonyl (C=O) groups is 2. The van der Waals surface area contributed by atoms with Crippen molar-refractivity contribution in [2.24, 2.45) is 5.92 Å². The van der Waals surface area contributed by atoms with Crippen LogP contribution in [0.15, 0.2) is 30.5 Å². The van der Waals surface area contributed by atoms with E-state index in [1.165, 1.54) is 12.8 Å². The quantitative estimate of drug-likeness (QED) is 0.902. The number of amides is 2. The van der Waals surface area contributed by atoms with Gasteiger partial charge >= 0.3 is 0 Å². The molecule has 1 saturated carbocycles. The molecule has 2 aliphatic rings. The van der Waals surface area contributed by atoms with Crippen LogP contribution in [0.5, 0.6) is 0 Å². The number of hydrogen-bond donors (Lipinski definition) is 2. The maximum absolute atomic E-state index is 12.9. The fourth-order valence-electron chi connectivity index (χ4n) is 4.13. The van der Waals surface area contributed by atoms with E-state index in [0.29, 0.717) is 18.2 Å². The van der Waals surface area contributed by atoms with Crippen LogP contribution < -0.4 is 5.32 Å². The smallest absolute Gasteiger partial charge is 0.253 e. The highest BCUT2D eigenvalue weighted by Crippen LogP contribution is 2.23. The molecule has 1 unspecified atom stereocenters. The third kappa shape index (κ3) is 3.41. The highest BCUT2D eigenvalue weighted by molar-refractivity contribution is 5.98. The molecule has 132 valence electrons. The molecule has 0 bridgehead atoms. The predicted molar refractivity (Wildman–Crippen MR) is 97.3 cm³/mol. The van der Waals surface area contributed by atoms with Crippen LogP contribution in [0, 0.1) is 5.92 Å². The normalized spacial score (nSPS) is 21.6. The molecule has 25 heavy (non-hydrogen) atoms. The maximum atomic E-state index is 12.9. The number of piperidine rings is 1. The van der Waals surface area contributed by atoms with Crippen molar-refractivity contribution in [2.45, 2.75) is 44.6 Å². The molecule has 1 aliphatic carbocycles. The number of carbonyl (C=O) groups excluding carboxylic acids is 2. The molecule has 5 nitrogen and oxygen atoms in total. The number of aromatic amines is 1. The first-order valence-corrected chi connectivity index (χ1v) is 9.37. The molecule has 1 aromatic heterocycles. The molecule has 2 amide bonds. The minimum atomic E-state index is -0.0747. The van der Waals surface area contributed by atoms with Gasteiger partial charge in [-0.3, -0.25) is 9.59 Å². The SMILES string of the molecule is O=C(NC1CCCC1)C1CCCN(C(=O)c2ccc3[nH]ccc3c2)C1. The summed E-state index contributed by atoms with van der Waals surface area (Å²) < 4.78 is 0. The summed E-state index contributed by atoms with van der Waals surface area (Å²) in [6, 6.07) is 8.05. The fourth-order valence-corrected chi connectivity index (χ4v) is 4.13. The summed E-state index contributed by atoms with van der Waals surface area (Å²) in [7, 11) is 0. The lowest BCUT2D eigenvalue weighted by Crippen LogP contribution is -2.47. The number of nitrogens with one attached hydrogen (secondary N) is 2. The first-order valence-electron chi connectivity index (χ1n) is 9.37. The zero-order valence-corrected chi connectivity index (χ0v) is 14.5. The van der Waals surface area contributed by atoms with Crippen molar-refractivity contribution in [1.82, 2.24) is 15.2 Å². The number of rotatable bonds is 3. The molecule has 1 aliphatic heterocycles. The number of hydrogen-bond acceptors (Lipinski definition) is 2. The monoisotopic (exact) mass is 339 g/mol. The van der Waals surface area contributed by atoms with Gasteiger partial charge in [0.1, 0.15) is 0 Å². The molecule has 2 heterocycles. The Morgan fingerprint density at radius 1 is 1.08 bits per heavy atom. The van der Waals surface area contributed by atoms with Crippen molar-refractivity contribution < 1.29 is 9.59 Å². The molecule has 5 heteroatoms. The Kier molecular flexibility index (Phi) is 4.47. The van der Waals surface area contributed by atoms with Crippen LogP contribution in [0.4, 0.5) is 0 Å². The van der Waals surface area contributed by atoms with Gasteiger partial charge in [-0.05, 0) is 49.9 Å². The molecule has 2 fully saturated rings. The zero-order valence-electron chi connectivity index (χ0n) is 14.5. The van der Waals surface area contributed by atoms with E-state index in [0.717, 1.165) is 43.1 Å². The van der Waals surface area contributed by atoms with E-state index in [1.807, 2.05) is 35.4 Å². The van der Waals surface area contributed by atoms with E-state index in [2.05, 4.69) is 10.3 Å². The van der Waals surface area contributed by atoms with E-state index in [9.17, 15) is 9.59 Å². The zero-order chi connectivity index (χ0) is 17.2. The lowest BCUT2D eigenvalue weighted by atomic mass is 9.96. The molecule has 2 N–H and O–H groups in total. The lowest BCUT2D eigenvalue weighted by molar-refractivity contribution is -0.127. The number of H-pyrrole nitrogens is 1. The minimum absolute atomic E-state index is 0.0291. The second-order valence-electron chi connectivity index (χ2n) is 7.36. The molecule has 1 aromatic carbocycles. The lowest BCUT2D eigenvalue weighted by Gasteiger charge is -2.32. The summed E-state index contributed by atoms with van der Waals surface area (Å²) in [6.45, 7) is 1.26. The number of aromatic nitrogens is 1. The van der Waals surface area contributed by atoms with Crippen molar-refractivity contribution in [3.05, 3.63) is 36.0 Å². The van der Waals surface area contributed by atoms with Crippen LogP contribution in [-0.2, 0) is 4.79 Å². The van der Waals surface area contributed by atoms with Crippen LogP contribution in [0.1, 0.15) is 48.9 Å². The van der Waals surface area contributed by atoms with Crippen molar-refractivity contribution >= 4 is 22.7 Å². The third-order valence-corrected chi connectivity index (χ3v) is 5.58. The van der Waals surface area contributed by atoms with Crippen LogP contribution >= 0.6 is 0 Å². The molecule has 2 aromatic rings. The number of nitrogens with zero attached hydrogens (tertiary/aromatic N) is 1. The predicted octanol–water partition coefficient (Wildman–Crippen LogP) is 3.08. The van der Waals surface area contributed by atoms with Gasteiger partial charge in [-0.25, -0.2) is 0 Å². The van der Waals surface area contributed by atoms with Gasteiger partial charge in [0.15, 0.2) is 0 Å². The Morgan fingerprint density at radius 3 is 2.76 bits per heavy atom. The fraction of sp³-hybridized carbons (Fsp3) is 0.500. The highest BCUT2D eigenvalue weighted by Gasteiger charge is 2.30. The minimum Gasteiger partial charge on any atom is -0.361 e. The standard InChI is InChI=1S/C20H25N3O2/c24-19(22-17-5-1-2-6-17)16-4-3-11-23(13-16)20(25)15-7-8-18-14(12-15)9-10-21-18/h7-10,12,16-17,21H,1-6,11,13H2,(H,22,24). The van der Waals surface area contributed by atoms with Crippen molar-refractivity contribution in [3.63, 3.8) is 0 Å². The summed E-state index contributed by atoms with van der Waals surface area (Å²) in [5, 5.41) is 4.23. The van der Waals surface area contributed by atoms with Crippen LogP contribution in [0.3, 0.4) is 0 Å². The Labute approximate surface area is 147 Å². The van der Waals surface area contributed by atoms with Gasteiger partial charge in [-0.2, -0.15) is 0 Å². The Bertz CT molecular complexity index is 776. The molecular weight excluding hydrogens is 314 g/mol. The summed E-state index contributed by atoms with van der Waals surface area (Å²) in [5.74, 6) is 0.0845. The Morgan fingerprint density at radius 2 is 1.92 bits per heavy atom. The number of fused-ring (bicyclic) bond motifs is 1. The maximum Gasteiger partial charge on any atom is 0.253 e. The second-order valence-corrected chi connectivity index (χ2v) is 7.36. The van der Waals surface area contributed by atoms with Gasteiger partial charge in [-0.1, -0.05) is 12.8 Å². The summed E-state index contributed by atoms with van der Waals surface area (Å²) >= 11 is 0. The van der Waals surface area contributed by atoms with E-state index in [1.54, 1.807) is 0 Å². The van der Waals surface area contributed by atoms with Gasteiger partial charge in [0, 0.05) is 41.8 Å². The van der Waals surface area contributed by atoms with E-state index >= 15 is 0 Å². The van der Waals surface area contributed by atoms with Gasteiger partial charge in [0.05, 0.1) is 5.92 Å². The molecule has 4 rings (SSSR count). The van der Waals surface area contributed by atoms with E-state index in [4.69, 9.17) is 0 Å². The van der Waals surface area contributed by atoms with Gasteiger partial charge in [0.2, 0.25) is 5.91 Å². The average molecular weight is 339 g/mol. The molecule has 1 saturated heterocycles. The van der Waals surface area contributed by atoms with Crippen LogP contribution in [-0.4, -0.2) is 40.8 Å². The molecule has 0 spiro atoms. The van der Waals surface area contributed by atoms with Gasteiger partial charge in [-0.15, -0.1) is 0 Å². The molecular formula is C20H25N3O2. The van der Waals surface area contributed by atoms with E-state index in [-0.39, 0.29) is 17.7 Å². The Balaban J connectivity index is 1.42. The number of likely N-dealkylation sites (tertiary alicyclic amines) is 1.